The first-order chi connectivity index (χ1) is 16.3. The van der Waals surface area contributed by atoms with Gasteiger partial charge in [0, 0.05) is 29.0 Å². The van der Waals surface area contributed by atoms with Gasteiger partial charge in [-0.25, -0.2) is 8.78 Å². The summed E-state index contributed by atoms with van der Waals surface area (Å²) in [7, 11) is 0. The lowest BCUT2D eigenvalue weighted by molar-refractivity contribution is 0.564. The zero-order valence-electron chi connectivity index (χ0n) is 19.1. The van der Waals surface area contributed by atoms with E-state index in [9.17, 15) is 8.78 Å². The summed E-state index contributed by atoms with van der Waals surface area (Å²) in [6.07, 6.45) is 1.76. The summed E-state index contributed by atoms with van der Waals surface area (Å²) in [4.78, 5) is 6.62. The van der Waals surface area contributed by atoms with Crippen LogP contribution in [-0.2, 0) is 0 Å². The van der Waals surface area contributed by atoms with Gasteiger partial charge in [0.05, 0.1) is 17.8 Å². The molecule has 1 N–H and O–H groups in total. The molecule has 0 amide bonds. The summed E-state index contributed by atoms with van der Waals surface area (Å²) in [5, 5.41) is 3.98. The van der Waals surface area contributed by atoms with Crippen molar-refractivity contribution in [2.45, 2.75) is 32.9 Å². The lowest BCUT2D eigenvalue weighted by atomic mass is 9.96. The zero-order chi connectivity index (χ0) is 24.0. The number of anilines is 1. The molecule has 0 radical (unpaired) electrons. The maximum Gasteiger partial charge on any atom is 0.174 e. The van der Waals surface area contributed by atoms with E-state index in [0.717, 1.165) is 34.0 Å². The standard InChI is InChI=1S/C27H24F2N4S/c1-16-13-21(10-11-23(16)29)33-26(25(31-27(33)34)24-9-4-5-12-30-24)22-14-17(2)32(18(22)3)20-8-6-7-19(28)15-20/h4-15,25-26H,1-3H3,(H,31,34). The first kappa shape index (κ1) is 22.2. The number of aromatic nitrogens is 2. The van der Waals surface area contributed by atoms with Crippen molar-refractivity contribution in [1.29, 1.82) is 0 Å². The number of benzene rings is 2. The van der Waals surface area contributed by atoms with Gasteiger partial charge in [0.1, 0.15) is 11.6 Å². The van der Waals surface area contributed by atoms with Gasteiger partial charge in [-0.2, -0.15) is 0 Å². The van der Waals surface area contributed by atoms with E-state index in [-0.39, 0.29) is 23.7 Å². The third-order valence-electron chi connectivity index (χ3n) is 6.37. The van der Waals surface area contributed by atoms with Gasteiger partial charge in [0.25, 0.3) is 0 Å². The Hall–Kier alpha value is -3.58. The number of aryl methyl sites for hydroxylation is 2. The lowest BCUT2D eigenvalue weighted by Gasteiger charge is -2.28. The molecule has 7 heteroatoms. The second kappa shape index (κ2) is 8.65. The van der Waals surface area contributed by atoms with Gasteiger partial charge in [-0.15, -0.1) is 0 Å². The maximum atomic E-state index is 14.1. The van der Waals surface area contributed by atoms with Gasteiger partial charge in [-0.1, -0.05) is 12.1 Å². The zero-order valence-corrected chi connectivity index (χ0v) is 19.9. The minimum Gasteiger partial charge on any atom is -0.351 e. The smallest absolute Gasteiger partial charge is 0.174 e. The summed E-state index contributed by atoms with van der Waals surface area (Å²) in [5.74, 6) is -0.547. The van der Waals surface area contributed by atoms with Gasteiger partial charge in [-0.3, -0.25) is 4.98 Å². The van der Waals surface area contributed by atoms with Gasteiger partial charge < -0.3 is 14.8 Å². The van der Waals surface area contributed by atoms with Crippen molar-refractivity contribution in [2.24, 2.45) is 0 Å². The Morgan fingerprint density at radius 2 is 1.74 bits per heavy atom. The minimum absolute atomic E-state index is 0.222. The Balaban J connectivity index is 1.69. The van der Waals surface area contributed by atoms with E-state index in [1.807, 2.05) is 53.6 Å². The van der Waals surface area contributed by atoms with Gasteiger partial charge in [0.2, 0.25) is 0 Å². The number of nitrogens with one attached hydrogen (secondary N) is 1. The summed E-state index contributed by atoms with van der Waals surface area (Å²) >= 11 is 5.78. The third-order valence-corrected chi connectivity index (χ3v) is 6.69. The molecule has 1 aliphatic rings. The van der Waals surface area contributed by atoms with Crippen LogP contribution in [0.1, 0.15) is 40.3 Å². The van der Waals surface area contributed by atoms with Crippen LogP contribution in [0.25, 0.3) is 5.69 Å². The first-order valence-corrected chi connectivity index (χ1v) is 11.5. The Morgan fingerprint density at radius 1 is 0.912 bits per heavy atom. The molecule has 0 saturated carbocycles. The molecule has 34 heavy (non-hydrogen) atoms. The normalized spacial score (nSPS) is 17.8. The summed E-state index contributed by atoms with van der Waals surface area (Å²) in [5.41, 5.74) is 5.95. The van der Waals surface area contributed by atoms with E-state index >= 15 is 0 Å². The third kappa shape index (κ3) is 3.76. The quantitative estimate of drug-likeness (QED) is 0.354. The predicted octanol–water partition coefficient (Wildman–Crippen LogP) is 6.25. The molecule has 2 aromatic heterocycles. The molecule has 0 bridgehead atoms. The second-order valence-electron chi connectivity index (χ2n) is 8.57. The van der Waals surface area contributed by atoms with Gasteiger partial charge in [-0.05, 0) is 98.7 Å². The molecule has 2 atom stereocenters. The largest absolute Gasteiger partial charge is 0.351 e. The highest BCUT2D eigenvalue weighted by Gasteiger charge is 2.42. The lowest BCUT2D eigenvalue weighted by Crippen LogP contribution is -2.29. The molecule has 1 fully saturated rings. The molecule has 172 valence electrons. The SMILES string of the molecule is Cc1cc(N2C(=S)NC(c3ccccn3)C2c2cc(C)n(-c3cccc(F)c3)c2C)ccc1F. The van der Waals surface area contributed by atoms with Crippen LogP contribution in [0.4, 0.5) is 14.5 Å². The number of hydrogen-bond donors (Lipinski definition) is 1. The first-order valence-electron chi connectivity index (χ1n) is 11.1. The topological polar surface area (TPSA) is 33.1 Å². The average molecular weight is 475 g/mol. The molecular formula is C27H24F2N4S. The molecule has 0 spiro atoms. The van der Waals surface area contributed by atoms with Crippen LogP contribution in [0.3, 0.4) is 0 Å². The predicted molar refractivity (Wildman–Crippen MR) is 134 cm³/mol. The number of rotatable bonds is 4. The van der Waals surface area contributed by atoms with E-state index in [0.29, 0.717) is 10.7 Å². The molecule has 0 aliphatic carbocycles. The van der Waals surface area contributed by atoms with E-state index in [4.69, 9.17) is 12.2 Å². The highest BCUT2D eigenvalue weighted by Crippen LogP contribution is 2.44. The van der Waals surface area contributed by atoms with Crippen molar-refractivity contribution in [2.75, 3.05) is 4.90 Å². The van der Waals surface area contributed by atoms with E-state index in [2.05, 4.69) is 16.4 Å². The van der Waals surface area contributed by atoms with Crippen molar-refractivity contribution in [3.63, 3.8) is 0 Å². The number of halogens is 2. The second-order valence-corrected chi connectivity index (χ2v) is 8.96. The molecule has 2 aromatic carbocycles. The number of thiocarbonyl (C=S) groups is 1. The van der Waals surface area contributed by atoms with Crippen molar-refractivity contribution in [3.05, 3.63) is 113 Å². The van der Waals surface area contributed by atoms with E-state index in [1.54, 1.807) is 25.3 Å². The van der Waals surface area contributed by atoms with Crippen molar-refractivity contribution >= 4 is 23.0 Å². The average Bonchev–Trinajstić information content (AvgIpc) is 3.31. The Morgan fingerprint density at radius 3 is 2.44 bits per heavy atom. The van der Waals surface area contributed by atoms with Crippen LogP contribution in [0.15, 0.2) is 72.9 Å². The molecule has 4 nitrogen and oxygen atoms in total. The highest BCUT2D eigenvalue weighted by molar-refractivity contribution is 7.80. The van der Waals surface area contributed by atoms with Crippen LogP contribution >= 0.6 is 12.2 Å². The van der Waals surface area contributed by atoms with E-state index < -0.39 is 0 Å². The molecule has 2 unspecified atom stereocenters. The number of hydrogen-bond acceptors (Lipinski definition) is 2. The molecule has 5 rings (SSSR count). The van der Waals surface area contributed by atoms with Crippen molar-refractivity contribution in [1.82, 2.24) is 14.9 Å². The Kier molecular flexibility index (Phi) is 5.65. The van der Waals surface area contributed by atoms with Gasteiger partial charge >= 0.3 is 0 Å². The Labute approximate surface area is 202 Å². The Bertz CT molecular complexity index is 1380. The van der Waals surface area contributed by atoms with Crippen molar-refractivity contribution in [3.8, 4) is 5.69 Å². The molecule has 1 saturated heterocycles. The summed E-state index contributed by atoms with van der Waals surface area (Å²) in [6.45, 7) is 5.77. The highest BCUT2D eigenvalue weighted by atomic mass is 32.1. The van der Waals surface area contributed by atoms with E-state index in [1.165, 1.54) is 18.2 Å². The monoisotopic (exact) mass is 474 g/mol. The molecule has 1 aliphatic heterocycles. The van der Waals surface area contributed by atoms with Crippen LogP contribution < -0.4 is 10.2 Å². The van der Waals surface area contributed by atoms with Crippen LogP contribution in [0.5, 0.6) is 0 Å². The number of pyridine rings is 1. The fourth-order valence-corrected chi connectivity index (χ4v) is 5.17. The van der Waals surface area contributed by atoms with Gasteiger partial charge in [0.15, 0.2) is 5.11 Å². The molecule has 3 heterocycles. The minimum atomic E-state index is -0.287. The van der Waals surface area contributed by atoms with Crippen molar-refractivity contribution < 1.29 is 8.78 Å². The van der Waals surface area contributed by atoms with Crippen LogP contribution in [-0.4, -0.2) is 14.7 Å². The fourth-order valence-electron chi connectivity index (χ4n) is 4.83. The maximum absolute atomic E-state index is 14.1. The summed E-state index contributed by atoms with van der Waals surface area (Å²) < 4.78 is 30.1. The summed E-state index contributed by atoms with van der Waals surface area (Å²) in [6, 6.07) is 19.0. The molecule has 4 aromatic rings. The van der Waals surface area contributed by atoms with Crippen LogP contribution in [0.2, 0.25) is 0 Å². The fraction of sp³-hybridized carbons (Fsp3) is 0.185. The molecular weight excluding hydrogens is 450 g/mol. The number of nitrogens with zero attached hydrogens (tertiary/aromatic N) is 3. The van der Waals surface area contributed by atoms with Crippen LogP contribution in [0, 0.1) is 32.4 Å².